The molecule has 8 heteroatoms. The summed E-state index contributed by atoms with van der Waals surface area (Å²) < 4.78 is 85.4. The van der Waals surface area contributed by atoms with E-state index in [1.54, 1.807) is 0 Å². The minimum absolute atomic E-state index is 0.0876. The van der Waals surface area contributed by atoms with Crippen LogP contribution in [0.3, 0.4) is 0 Å². The van der Waals surface area contributed by atoms with Crippen LogP contribution in [0.25, 0.3) is 0 Å². The van der Waals surface area contributed by atoms with Crippen molar-refractivity contribution in [3.8, 4) is 0 Å². The molecule has 23 heavy (non-hydrogen) atoms. The third-order valence-corrected chi connectivity index (χ3v) is 7.40. The second-order valence-corrected chi connectivity index (χ2v) is 8.59. The number of fused-ring (bicyclic) bond motifs is 2. The topological polar surface area (TPSA) is 9.23 Å². The highest BCUT2D eigenvalue weighted by atomic mass is 127. The normalized spacial score (nSPS) is 35.3. The van der Waals surface area contributed by atoms with Crippen molar-refractivity contribution in [1.82, 2.24) is 0 Å². The molecule has 2 bridgehead atoms. The first kappa shape index (κ1) is 19.6. The maximum absolute atomic E-state index is 13.5. The molecule has 0 aromatic rings. The summed E-state index contributed by atoms with van der Waals surface area (Å²) >= 11 is 2.18. The fourth-order valence-electron chi connectivity index (χ4n) is 4.25. The molecule has 1 nitrogen and oxygen atoms in total. The molecular weight excluding hydrogens is 437 g/mol. The van der Waals surface area contributed by atoms with Gasteiger partial charge in [-0.1, -0.05) is 29.5 Å². The van der Waals surface area contributed by atoms with Crippen molar-refractivity contribution in [2.45, 2.75) is 68.0 Å². The molecule has 0 heterocycles. The van der Waals surface area contributed by atoms with Gasteiger partial charge in [-0.25, -0.2) is 0 Å². The van der Waals surface area contributed by atoms with Crippen molar-refractivity contribution < 1.29 is 31.1 Å². The predicted molar refractivity (Wildman–Crippen MR) is 82.4 cm³/mol. The SMILES string of the molecule is CC(C)OC(CC1CC2CC1C(I)[C@@H]2C)(C(F)(F)F)C(F)(F)F. The van der Waals surface area contributed by atoms with Gasteiger partial charge in [0.2, 0.25) is 0 Å². The van der Waals surface area contributed by atoms with Crippen LogP contribution >= 0.6 is 22.6 Å². The molecule has 0 aliphatic heterocycles. The number of ether oxygens (including phenoxy) is 1. The van der Waals surface area contributed by atoms with E-state index in [9.17, 15) is 26.3 Å². The molecule has 4 unspecified atom stereocenters. The molecule has 0 aromatic heterocycles. The fraction of sp³-hybridized carbons (Fsp3) is 1.00. The smallest absolute Gasteiger partial charge is 0.355 e. The number of rotatable bonds is 4. The molecule has 0 aromatic carbocycles. The zero-order chi connectivity index (χ0) is 17.8. The monoisotopic (exact) mass is 458 g/mol. The lowest BCUT2D eigenvalue weighted by atomic mass is 9.76. The van der Waals surface area contributed by atoms with Crippen LogP contribution in [0.15, 0.2) is 0 Å². The summed E-state index contributed by atoms with van der Waals surface area (Å²) in [5.74, 6) is -0.102. The molecule has 2 rings (SSSR count). The second-order valence-electron chi connectivity index (χ2n) is 7.15. The van der Waals surface area contributed by atoms with Crippen LogP contribution in [0, 0.1) is 23.7 Å². The van der Waals surface area contributed by atoms with E-state index in [-0.39, 0.29) is 15.8 Å². The molecule has 2 saturated carbocycles. The van der Waals surface area contributed by atoms with E-state index in [1.165, 1.54) is 13.8 Å². The number of hydrogen-bond acceptors (Lipinski definition) is 1. The van der Waals surface area contributed by atoms with Crippen molar-refractivity contribution in [2.75, 3.05) is 0 Å². The molecule has 2 aliphatic carbocycles. The van der Waals surface area contributed by atoms with Crippen LogP contribution in [-0.4, -0.2) is 28.0 Å². The quantitative estimate of drug-likeness (QED) is 0.296. The van der Waals surface area contributed by atoms with Gasteiger partial charge < -0.3 is 4.74 Å². The molecule has 136 valence electrons. The Labute approximate surface area is 145 Å². The van der Waals surface area contributed by atoms with Gasteiger partial charge in [-0.15, -0.1) is 0 Å². The molecule has 0 spiro atoms. The van der Waals surface area contributed by atoms with Gasteiger partial charge in [0.05, 0.1) is 6.10 Å². The van der Waals surface area contributed by atoms with E-state index < -0.39 is 36.4 Å². The summed E-state index contributed by atoms with van der Waals surface area (Å²) in [6, 6.07) is 0. The van der Waals surface area contributed by atoms with Gasteiger partial charge in [0.1, 0.15) is 0 Å². The Morgan fingerprint density at radius 1 is 1.04 bits per heavy atom. The fourth-order valence-corrected chi connectivity index (χ4v) is 5.72. The third kappa shape index (κ3) is 3.35. The van der Waals surface area contributed by atoms with E-state index in [4.69, 9.17) is 0 Å². The van der Waals surface area contributed by atoms with Crippen LogP contribution in [0.5, 0.6) is 0 Å². The summed E-state index contributed by atoms with van der Waals surface area (Å²) in [6.07, 6.45) is -12.0. The minimum atomic E-state index is -5.48. The van der Waals surface area contributed by atoms with Gasteiger partial charge in [0.25, 0.3) is 5.60 Å². The second kappa shape index (κ2) is 6.21. The standard InChI is InChI=1S/C15H21F6IO/c1-7(2)23-13(14(16,17)18,15(19,20)21)6-10-4-9-5-11(10)12(22)8(9)3/h7-12H,4-6H2,1-3H3/t8-,9?,10?,11?,12?/m1/s1. The van der Waals surface area contributed by atoms with E-state index >= 15 is 0 Å². The van der Waals surface area contributed by atoms with Crippen molar-refractivity contribution in [3.05, 3.63) is 0 Å². The van der Waals surface area contributed by atoms with Gasteiger partial charge >= 0.3 is 12.4 Å². The van der Waals surface area contributed by atoms with Gasteiger partial charge in [0, 0.05) is 3.92 Å². The van der Waals surface area contributed by atoms with Crippen molar-refractivity contribution in [3.63, 3.8) is 0 Å². The summed E-state index contributed by atoms with van der Waals surface area (Å²) in [4.78, 5) is 0. The molecule has 2 fully saturated rings. The highest BCUT2D eigenvalue weighted by molar-refractivity contribution is 14.1. The average molecular weight is 458 g/mol. The van der Waals surface area contributed by atoms with Gasteiger partial charge in [-0.3, -0.25) is 0 Å². The van der Waals surface area contributed by atoms with E-state index in [0.29, 0.717) is 12.3 Å². The van der Waals surface area contributed by atoms with Crippen LogP contribution in [0.1, 0.15) is 40.0 Å². The summed E-state index contributed by atoms with van der Waals surface area (Å²) in [5.41, 5.74) is -4.07. The van der Waals surface area contributed by atoms with E-state index in [0.717, 1.165) is 6.42 Å². The summed E-state index contributed by atoms with van der Waals surface area (Å²) in [5, 5.41) is 0. The van der Waals surface area contributed by atoms with Crippen molar-refractivity contribution in [2.24, 2.45) is 23.7 Å². The molecular formula is C15H21F6IO. The maximum Gasteiger partial charge on any atom is 0.426 e. The summed E-state index contributed by atoms with van der Waals surface area (Å²) in [6.45, 7) is 4.44. The first-order valence-electron chi connectivity index (χ1n) is 7.75. The lowest BCUT2D eigenvalue weighted by Gasteiger charge is -2.42. The van der Waals surface area contributed by atoms with Gasteiger partial charge in [-0.05, 0) is 56.8 Å². The number of alkyl halides is 7. The molecule has 0 N–H and O–H groups in total. The van der Waals surface area contributed by atoms with Crippen LogP contribution in [-0.2, 0) is 4.74 Å². The first-order valence-corrected chi connectivity index (χ1v) is 9.00. The molecule has 2 aliphatic rings. The third-order valence-electron chi connectivity index (χ3n) is 5.34. The Morgan fingerprint density at radius 3 is 1.91 bits per heavy atom. The predicted octanol–water partition coefficient (Wildman–Crippen LogP) is 5.76. The molecule has 0 radical (unpaired) electrons. The zero-order valence-corrected chi connectivity index (χ0v) is 15.3. The Balaban J connectivity index is 2.32. The van der Waals surface area contributed by atoms with Crippen LogP contribution in [0.4, 0.5) is 26.3 Å². The van der Waals surface area contributed by atoms with Crippen molar-refractivity contribution in [1.29, 1.82) is 0 Å². The summed E-state index contributed by atoms with van der Waals surface area (Å²) in [7, 11) is 0. The Morgan fingerprint density at radius 2 is 1.57 bits per heavy atom. The first-order chi connectivity index (χ1) is 10.3. The van der Waals surface area contributed by atoms with Crippen LogP contribution in [0.2, 0.25) is 0 Å². The lowest BCUT2D eigenvalue weighted by Crippen LogP contribution is -2.61. The van der Waals surface area contributed by atoms with E-state index in [2.05, 4.69) is 27.3 Å². The zero-order valence-electron chi connectivity index (χ0n) is 13.1. The lowest BCUT2D eigenvalue weighted by molar-refractivity contribution is -0.393. The Kier molecular flexibility index (Phi) is 5.29. The molecule has 5 atom stereocenters. The maximum atomic E-state index is 13.5. The average Bonchev–Trinajstić information content (AvgIpc) is 2.86. The van der Waals surface area contributed by atoms with Crippen molar-refractivity contribution >= 4 is 22.6 Å². The van der Waals surface area contributed by atoms with Gasteiger partial charge in [0.15, 0.2) is 0 Å². The highest BCUT2D eigenvalue weighted by Crippen LogP contribution is 2.60. The Bertz CT molecular complexity index is 417. The van der Waals surface area contributed by atoms with E-state index in [1.807, 2.05) is 6.92 Å². The minimum Gasteiger partial charge on any atom is -0.355 e. The largest absolute Gasteiger partial charge is 0.426 e. The van der Waals surface area contributed by atoms with Gasteiger partial charge in [-0.2, -0.15) is 26.3 Å². The Hall–Kier alpha value is 0.270. The molecule has 0 saturated heterocycles. The highest BCUT2D eigenvalue weighted by Gasteiger charge is 2.73. The number of halogens is 7. The number of hydrogen-bond donors (Lipinski definition) is 0. The van der Waals surface area contributed by atoms with Crippen LogP contribution < -0.4 is 0 Å². The molecule has 0 amide bonds.